The van der Waals surface area contributed by atoms with Gasteiger partial charge in [-0.15, -0.1) is 0 Å². The summed E-state index contributed by atoms with van der Waals surface area (Å²) in [4.78, 5) is 37.8. The topological polar surface area (TPSA) is 78.9 Å². The molecular formula is C53H82O6. The zero-order valence-electron chi connectivity index (χ0n) is 37.5. The second kappa shape index (κ2) is 46.5. The van der Waals surface area contributed by atoms with Gasteiger partial charge in [-0.2, -0.15) is 0 Å². The van der Waals surface area contributed by atoms with Gasteiger partial charge in [0.15, 0.2) is 6.10 Å². The second-order valence-electron chi connectivity index (χ2n) is 14.7. The van der Waals surface area contributed by atoms with Gasteiger partial charge < -0.3 is 14.2 Å². The van der Waals surface area contributed by atoms with E-state index in [4.69, 9.17) is 14.2 Å². The van der Waals surface area contributed by atoms with E-state index in [2.05, 4.69) is 81.5 Å². The summed E-state index contributed by atoms with van der Waals surface area (Å²) in [5.74, 6) is -1.07. The Morgan fingerprint density at radius 2 is 0.763 bits per heavy atom. The number of carbonyl (C=O) groups is 3. The van der Waals surface area contributed by atoms with Gasteiger partial charge in [0.05, 0.1) is 0 Å². The molecule has 0 aliphatic rings. The first-order valence-electron chi connectivity index (χ1n) is 23.1. The van der Waals surface area contributed by atoms with Crippen LogP contribution >= 0.6 is 0 Å². The van der Waals surface area contributed by atoms with E-state index in [0.717, 1.165) is 89.9 Å². The largest absolute Gasteiger partial charge is 0.462 e. The van der Waals surface area contributed by atoms with Gasteiger partial charge in [-0.3, -0.25) is 14.4 Å². The fourth-order valence-corrected chi connectivity index (χ4v) is 5.69. The number of ether oxygens (including phenoxy) is 3. The predicted octanol–water partition coefficient (Wildman–Crippen LogP) is 15.0. The highest BCUT2D eigenvalue weighted by molar-refractivity contribution is 5.71. The zero-order chi connectivity index (χ0) is 43.0. The lowest BCUT2D eigenvalue weighted by Gasteiger charge is -2.18. The van der Waals surface area contributed by atoms with Crippen LogP contribution in [0, 0.1) is 0 Å². The monoisotopic (exact) mass is 815 g/mol. The molecule has 0 rings (SSSR count). The van der Waals surface area contributed by atoms with Gasteiger partial charge in [0.1, 0.15) is 13.2 Å². The van der Waals surface area contributed by atoms with Crippen LogP contribution in [0.25, 0.3) is 0 Å². The van der Waals surface area contributed by atoms with E-state index < -0.39 is 6.10 Å². The first-order chi connectivity index (χ1) is 29.0. The van der Waals surface area contributed by atoms with Gasteiger partial charge in [0, 0.05) is 19.3 Å². The second-order valence-corrected chi connectivity index (χ2v) is 14.7. The van der Waals surface area contributed by atoms with E-state index in [1.807, 2.05) is 60.8 Å². The summed E-state index contributed by atoms with van der Waals surface area (Å²) in [5.41, 5.74) is 0. The fraction of sp³-hybridized carbons (Fsp3) is 0.566. The van der Waals surface area contributed by atoms with Crippen molar-refractivity contribution in [2.24, 2.45) is 0 Å². The van der Waals surface area contributed by atoms with Crippen LogP contribution in [-0.4, -0.2) is 37.2 Å². The van der Waals surface area contributed by atoms with E-state index in [-0.39, 0.29) is 44.0 Å². The third-order valence-electron chi connectivity index (χ3n) is 9.13. The van der Waals surface area contributed by atoms with E-state index in [9.17, 15) is 14.4 Å². The van der Waals surface area contributed by atoms with Crippen LogP contribution in [0.5, 0.6) is 0 Å². The van der Waals surface area contributed by atoms with Crippen molar-refractivity contribution in [1.29, 1.82) is 0 Å². The minimum Gasteiger partial charge on any atom is -0.462 e. The molecule has 0 aromatic rings. The Labute approximate surface area is 361 Å². The first kappa shape index (κ1) is 54.8. The summed E-state index contributed by atoms with van der Waals surface area (Å²) in [7, 11) is 0. The van der Waals surface area contributed by atoms with Crippen LogP contribution in [0.2, 0.25) is 0 Å². The lowest BCUT2D eigenvalue weighted by atomic mass is 10.1. The van der Waals surface area contributed by atoms with Gasteiger partial charge in [-0.25, -0.2) is 0 Å². The molecule has 0 saturated heterocycles. The Kier molecular flexibility index (Phi) is 43.2. The van der Waals surface area contributed by atoms with Crippen molar-refractivity contribution in [3.05, 3.63) is 122 Å². The number of esters is 3. The molecule has 59 heavy (non-hydrogen) atoms. The van der Waals surface area contributed by atoms with Crippen molar-refractivity contribution in [1.82, 2.24) is 0 Å². The molecule has 0 N–H and O–H groups in total. The van der Waals surface area contributed by atoms with E-state index in [1.54, 1.807) is 0 Å². The van der Waals surface area contributed by atoms with Gasteiger partial charge >= 0.3 is 17.9 Å². The number of allylic oxidation sites excluding steroid dienone is 20. The quantitative estimate of drug-likeness (QED) is 0.0202. The summed E-state index contributed by atoms with van der Waals surface area (Å²) in [6.45, 7) is 6.21. The van der Waals surface area contributed by atoms with Crippen LogP contribution in [0.3, 0.4) is 0 Å². The smallest absolute Gasteiger partial charge is 0.306 e. The standard InChI is InChI=1S/C53H82O6/c1-4-7-10-13-16-19-22-25-26-29-31-34-37-40-43-46-52(55)58-49-50(59-53(56)47-44-41-38-35-32-28-24-21-18-15-12-9-6-3)48-57-51(54)45-42-39-36-33-30-27-23-20-17-14-11-8-5-2/h7,9-10,12-13,15-16,18-19,21-22,24-27,29-31,36,39,50H,4-6,8,11,14,17,20,23,28,32-35,37-38,40-49H2,1-3H3/b10-7+,12-9+,16-13+,18-15+,22-19+,24-21+,26-25+,30-27+,31-29+,39-36+. The molecule has 330 valence electrons. The molecule has 1 atom stereocenters. The normalized spacial score (nSPS) is 13.2. The molecule has 6 heteroatoms. The number of unbranched alkanes of at least 4 members (excludes halogenated alkanes) is 14. The van der Waals surface area contributed by atoms with Crippen molar-refractivity contribution >= 4 is 17.9 Å². The molecule has 0 spiro atoms. The number of hydrogen-bond acceptors (Lipinski definition) is 6. The average Bonchev–Trinajstić information content (AvgIpc) is 3.23. The third kappa shape index (κ3) is 44.8. The van der Waals surface area contributed by atoms with Crippen LogP contribution in [-0.2, 0) is 28.6 Å². The first-order valence-corrected chi connectivity index (χ1v) is 23.1. The van der Waals surface area contributed by atoms with Gasteiger partial charge in [-0.05, 0) is 77.0 Å². The maximum absolute atomic E-state index is 12.7. The summed E-state index contributed by atoms with van der Waals surface area (Å²) in [6, 6.07) is 0. The maximum Gasteiger partial charge on any atom is 0.306 e. The van der Waals surface area contributed by atoms with Crippen molar-refractivity contribution in [2.75, 3.05) is 13.2 Å². The lowest BCUT2D eigenvalue weighted by molar-refractivity contribution is -0.166. The van der Waals surface area contributed by atoms with Crippen LogP contribution < -0.4 is 0 Å². The molecule has 1 unspecified atom stereocenters. The predicted molar refractivity (Wildman–Crippen MR) is 251 cm³/mol. The number of hydrogen-bond donors (Lipinski definition) is 0. The fourth-order valence-electron chi connectivity index (χ4n) is 5.69. The van der Waals surface area contributed by atoms with Crippen molar-refractivity contribution in [3.8, 4) is 0 Å². The minimum absolute atomic E-state index is 0.130. The van der Waals surface area contributed by atoms with Crippen LogP contribution in [0.4, 0.5) is 0 Å². The lowest BCUT2D eigenvalue weighted by Crippen LogP contribution is -2.30. The van der Waals surface area contributed by atoms with Crippen molar-refractivity contribution in [3.63, 3.8) is 0 Å². The highest BCUT2D eigenvalue weighted by Gasteiger charge is 2.19. The number of carbonyl (C=O) groups excluding carboxylic acids is 3. The van der Waals surface area contributed by atoms with Crippen LogP contribution in [0.15, 0.2) is 122 Å². The molecule has 0 saturated carbocycles. The molecule has 6 nitrogen and oxygen atoms in total. The Morgan fingerprint density at radius 1 is 0.373 bits per heavy atom. The van der Waals surface area contributed by atoms with Crippen molar-refractivity contribution < 1.29 is 28.6 Å². The minimum atomic E-state index is -0.831. The highest BCUT2D eigenvalue weighted by Crippen LogP contribution is 2.11. The van der Waals surface area contributed by atoms with Gasteiger partial charge in [0.25, 0.3) is 0 Å². The molecule has 0 aromatic carbocycles. The third-order valence-corrected chi connectivity index (χ3v) is 9.13. The molecule has 0 aliphatic carbocycles. The molecule has 0 aromatic heterocycles. The zero-order valence-corrected chi connectivity index (χ0v) is 37.5. The van der Waals surface area contributed by atoms with Gasteiger partial charge in [-0.1, -0.05) is 200 Å². The summed E-state index contributed by atoms with van der Waals surface area (Å²) in [6.07, 6.45) is 63.3. The summed E-state index contributed by atoms with van der Waals surface area (Å²) >= 11 is 0. The molecule has 0 bridgehead atoms. The summed E-state index contributed by atoms with van der Waals surface area (Å²) < 4.78 is 16.6. The maximum atomic E-state index is 12.7. The Morgan fingerprint density at radius 3 is 1.29 bits per heavy atom. The van der Waals surface area contributed by atoms with E-state index in [0.29, 0.717) is 12.8 Å². The Hall–Kier alpha value is -4.19. The van der Waals surface area contributed by atoms with E-state index >= 15 is 0 Å². The van der Waals surface area contributed by atoms with E-state index in [1.165, 1.54) is 38.5 Å². The van der Waals surface area contributed by atoms with Crippen molar-refractivity contribution in [2.45, 2.75) is 181 Å². The molecule has 0 aliphatic heterocycles. The molecule has 0 radical (unpaired) electrons. The Bertz CT molecular complexity index is 1300. The van der Waals surface area contributed by atoms with Gasteiger partial charge in [0.2, 0.25) is 0 Å². The van der Waals surface area contributed by atoms with Crippen LogP contribution in [0.1, 0.15) is 175 Å². The number of rotatable bonds is 39. The molecule has 0 fully saturated rings. The highest BCUT2D eigenvalue weighted by atomic mass is 16.6. The SMILES string of the molecule is CC/C=C/C=C/C=C/C=C/C=C/CCCCCC(=O)OCC(COC(=O)CC/C=C/C/C=C/CCCCCCCC)OC(=O)CCCCCCC/C=C/C=C/C=C/CC. The average molecular weight is 815 g/mol. The molecular weight excluding hydrogens is 733 g/mol. The molecule has 0 heterocycles. The molecule has 0 amide bonds. The Balaban J connectivity index is 4.60. The summed E-state index contributed by atoms with van der Waals surface area (Å²) in [5, 5.41) is 0.